The molecule has 0 radical (unpaired) electrons. The molecule has 120 valence electrons. The summed E-state index contributed by atoms with van der Waals surface area (Å²) in [6.45, 7) is 5.06. The number of carbonyl (C=O) groups is 4. The first-order valence-corrected chi connectivity index (χ1v) is 7.42. The summed E-state index contributed by atoms with van der Waals surface area (Å²) in [6.07, 6.45) is -1.29. The molecule has 1 atom stereocenters. The molecular formula is C14H18N2O5S. The van der Waals surface area contributed by atoms with Crippen LogP contribution >= 0.6 is 11.3 Å². The Labute approximate surface area is 131 Å². The minimum absolute atomic E-state index is 0.00000512. The smallest absolute Gasteiger partial charge is 0.318 e. The van der Waals surface area contributed by atoms with Crippen LogP contribution in [0.25, 0.3) is 0 Å². The molecule has 0 saturated heterocycles. The van der Waals surface area contributed by atoms with Crippen LogP contribution in [0.2, 0.25) is 0 Å². The van der Waals surface area contributed by atoms with E-state index in [1.807, 2.05) is 13.8 Å². The number of hydrogen-bond donors (Lipinski definition) is 2. The van der Waals surface area contributed by atoms with Crippen LogP contribution in [-0.2, 0) is 14.3 Å². The topological polar surface area (TPSA) is 116 Å². The lowest BCUT2D eigenvalue weighted by molar-refractivity contribution is -0.154. The van der Waals surface area contributed by atoms with Gasteiger partial charge in [0.2, 0.25) is 0 Å². The molecule has 0 spiro atoms. The number of hydrogen-bond acceptors (Lipinski definition) is 6. The van der Waals surface area contributed by atoms with Crippen molar-refractivity contribution in [3.63, 3.8) is 0 Å². The van der Waals surface area contributed by atoms with Crippen LogP contribution in [0.5, 0.6) is 0 Å². The van der Waals surface area contributed by atoms with Crippen molar-refractivity contribution in [1.82, 2.24) is 5.32 Å². The first-order valence-electron chi connectivity index (χ1n) is 6.60. The second-order valence-corrected chi connectivity index (χ2v) is 6.20. The standard InChI is InChI=1S/C14H18N2O5S/c1-7-6-10(9(3)22-7)11(17)4-5-12(18)21-8(2)13(19)16-14(15)20/h6,8H,4-5H2,1-3H3,(H3,15,16,19,20)/t8-/m1/s1. The van der Waals surface area contributed by atoms with E-state index in [1.165, 1.54) is 18.3 Å². The summed E-state index contributed by atoms with van der Waals surface area (Å²) >= 11 is 1.52. The van der Waals surface area contributed by atoms with Gasteiger partial charge in [-0.15, -0.1) is 11.3 Å². The first-order chi connectivity index (χ1) is 10.2. The maximum atomic E-state index is 12.0. The van der Waals surface area contributed by atoms with Gasteiger partial charge in [0.1, 0.15) is 0 Å². The zero-order valence-corrected chi connectivity index (χ0v) is 13.4. The maximum absolute atomic E-state index is 12.0. The minimum Gasteiger partial charge on any atom is -0.453 e. The van der Waals surface area contributed by atoms with E-state index >= 15 is 0 Å². The molecular weight excluding hydrogens is 308 g/mol. The number of nitrogens with one attached hydrogen (secondary N) is 1. The third-order valence-electron chi connectivity index (χ3n) is 2.82. The molecule has 0 bridgehead atoms. The lowest BCUT2D eigenvalue weighted by Gasteiger charge is -2.11. The lowest BCUT2D eigenvalue weighted by Crippen LogP contribution is -2.42. The minimum atomic E-state index is -1.15. The molecule has 3 amide bonds. The molecule has 22 heavy (non-hydrogen) atoms. The van der Waals surface area contributed by atoms with E-state index in [2.05, 4.69) is 0 Å². The molecule has 1 aromatic rings. The average molecular weight is 326 g/mol. The van der Waals surface area contributed by atoms with Crippen molar-refractivity contribution in [2.24, 2.45) is 5.73 Å². The number of ether oxygens (including phenoxy) is 1. The molecule has 1 heterocycles. The van der Waals surface area contributed by atoms with E-state index in [-0.39, 0.29) is 18.6 Å². The van der Waals surface area contributed by atoms with Crippen molar-refractivity contribution in [1.29, 1.82) is 0 Å². The van der Waals surface area contributed by atoms with Gasteiger partial charge in [-0.1, -0.05) is 0 Å². The third-order valence-corrected chi connectivity index (χ3v) is 3.79. The lowest BCUT2D eigenvalue weighted by atomic mass is 10.1. The van der Waals surface area contributed by atoms with Crippen molar-refractivity contribution in [3.05, 3.63) is 21.4 Å². The van der Waals surface area contributed by atoms with Crippen LogP contribution in [0.15, 0.2) is 6.07 Å². The van der Waals surface area contributed by atoms with Crippen LogP contribution in [0.3, 0.4) is 0 Å². The molecule has 0 aliphatic heterocycles. The SMILES string of the molecule is Cc1cc(C(=O)CCC(=O)O[C@H](C)C(=O)NC(N)=O)c(C)s1. The predicted molar refractivity (Wildman–Crippen MR) is 80.6 cm³/mol. The number of urea groups is 1. The Morgan fingerprint density at radius 1 is 1.27 bits per heavy atom. The number of thiophene rings is 1. The summed E-state index contributed by atoms with van der Waals surface area (Å²) in [5.74, 6) is -1.64. The monoisotopic (exact) mass is 326 g/mol. The fraction of sp³-hybridized carbons (Fsp3) is 0.429. The maximum Gasteiger partial charge on any atom is 0.318 e. The summed E-state index contributed by atoms with van der Waals surface area (Å²) in [4.78, 5) is 47.4. The van der Waals surface area contributed by atoms with Crippen LogP contribution in [0, 0.1) is 13.8 Å². The highest BCUT2D eigenvalue weighted by Crippen LogP contribution is 2.22. The molecule has 0 fully saturated rings. The molecule has 0 aliphatic rings. The number of rotatable bonds is 6. The van der Waals surface area contributed by atoms with E-state index < -0.39 is 24.0 Å². The van der Waals surface area contributed by atoms with E-state index in [4.69, 9.17) is 10.5 Å². The summed E-state index contributed by atoms with van der Waals surface area (Å²) in [6, 6.07) is 0.766. The number of primary amides is 1. The molecule has 3 N–H and O–H groups in total. The highest BCUT2D eigenvalue weighted by Gasteiger charge is 2.20. The highest BCUT2D eigenvalue weighted by molar-refractivity contribution is 7.12. The number of esters is 1. The molecule has 0 saturated carbocycles. The number of aryl methyl sites for hydroxylation is 2. The molecule has 7 nitrogen and oxygen atoms in total. The zero-order valence-electron chi connectivity index (χ0n) is 12.6. The number of nitrogens with two attached hydrogens (primary N) is 1. The summed E-state index contributed by atoms with van der Waals surface area (Å²) in [5.41, 5.74) is 5.39. The Morgan fingerprint density at radius 2 is 1.91 bits per heavy atom. The Hall–Kier alpha value is -2.22. The second-order valence-electron chi connectivity index (χ2n) is 4.74. The van der Waals surface area contributed by atoms with Crippen molar-refractivity contribution < 1.29 is 23.9 Å². The van der Waals surface area contributed by atoms with E-state index in [1.54, 1.807) is 11.4 Å². The van der Waals surface area contributed by atoms with Crippen molar-refractivity contribution in [2.45, 2.75) is 39.7 Å². The Morgan fingerprint density at radius 3 is 2.41 bits per heavy atom. The zero-order chi connectivity index (χ0) is 16.9. The number of ketones is 1. The van der Waals surface area contributed by atoms with Crippen molar-refractivity contribution in [3.8, 4) is 0 Å². The quantitative estimate of drug-likeness (QED) is 0.606. The number of carbonyl (C=O) groups excluding carboxylic acids is 4. The van der Waals surface area contributed by atoms with E-state index in [0.29, 0.717) is 5.56 Å². The summed E-state index contributed by atoms with van der Waals surface area (Å²) in [5, 5.41) is 1.81. The molecule has 1 rings (SSSR count). The molecule has 0 unspecified atom stereocenters. The fourth-order valence-electron chi connectivity index (χ4n) is 1.79. The molecule has 8 heteroatoms. The van der Waals surface area contributed by atoms with Gasteiger partial charge in [0.15, 0.2) is 11.9 Å². The largest absolute Gasteiger partial charge is 0.453 e. The second kappa shape index (κ2) is 7.69. The average Bonchev–Trinajstić information content (AvgIpc) is 2.74. The number of amides is 3. The van der Waals surface area contributed by atoms with Gasteiger partial charge in [0.25, 0.3) is 5.91 Å². The Bertz CT molecular complexity index is 608. The van der Waals surface area contributed by atoms with Gasteiger partial charge in [0, 0.05) is 21.7 Å². The van der Waals surface area contributed by atoms with Crippen LogP contribution in [-0.4, -0.2) is 29.8 Å². The first kappa shape index (κ1) is 17.8. The van der Waals surface area contributed by atoms with Gasteiger partial charge in [-0.3, -0.25) is 19.7 Å². The van der Waals surface area contributed by atoms with Gasteiger partial charge < -0.3 is 10.5 Å². The van der Waals surface area contributed by atoms with Gasteiger partial charge in [-0.2, -0.15) is 0 Å². The third kappa shape index (κ3) is 5.28. The van der Waals surface area contributed by atoms with Crippen LogP contribution in [0.4, 0.5) is 4.79 Å². The van der Waals surface area contributed by atoms with Gasteiger partial charge in [-0.05, 0) is 26.8 Å². The van der Waals surface area contributed by atoms with E-state index in [9.17, 15) is 19.2 Å². The van der Waals surface area contributed by atoms with Gasteiger partial charge >= 0.3 is 12.0 Å². The van der Waals surface area contributed by atoms with Crippen LogP contribution < -0.4 is 11.1 Å². The van der Waals surface area contributed by atoms with Gasteiger partial charge in [-0.25, -0.2) is 4.79 Å². The molecule has 1 aromatic heterocycles. The van der Waals surface area contributed by atoms with Crippen molar-refractivity contribution in [2.75, 3.05) is 0 Å². The van der Waals surface area contributed by atoms with Crippen LogP contribution in [0.1, 0.15) is 39.9 Å². The van der Waals surface area contributed by atoms with Gasteiger partial charge in [0.05, 0.1) is 6.42 Å². The summed E-state index contributed by atoms with van der Waals surface area (Å²) in [7, 11) is 0. The molecule has 0 aliphatic carbocycles. The Kier molecular flexibility index (Phi) is 6.24. The number of Topliss-reactive ketones (excluding diaryl/α,β-unsaturated/α-hetero) is 1. The highest BCUT2D eigenvalue weighted by atomic mass is 32.1. The predicted octanol–water partition coefficient (Wildman–Crippen LogP) is 1.45. The molecule has 0 aromatic carbocycles. The fourth-order valence-corrected chi connectivity index (χ4v) is 2.73. The normalized spacial score (nSPS) is 11.6. The summed E-state index contributed by atoms with van der Waals surface area (Å²) < 4.78 is 4.83. The van der Waals surface area contributed by atoms with Crippen molar-refractivity contribution >= 4 is 35.0 Å². The van der Waals surface area contributed by atoms with E-state index in [0.717, 1.165) is 9.75 Å². The Balaban J connectivity index is 2.46. The number of imide groups is 1.